The van der Waals surface area contributed by atoms with Gasteiger partial charge in [0.05, 0.1) is 12.7 Å². The van der Waals surface area contributed by atoms with Crippen molar-refractivity contribution in [2.45, 2.75) is 24.4 Å². The summed E-state index contributed by atoms with van der Waals surface area (Å²) in [6, 6.07) is 18.3. The number of benzene rings is 2. The first kappa shape index (κ1) is 18.9. The zero-order valence-corrected chi connectivity index (χ0v) is 16.5. The second-order valence-corrected chi connectivity index (χ2v) is 8.82. The van der Waals surface area contributed by atoms with Crippen molar-refractivity contribution in [3.8, 4) is 0 Å². The van der Waals surface area contributed by atoms with Crippen molar-refractivity contribution in [3.63, 3.8) is 0 Å². The molecule has 0 spiro atoms. The van der Waals surface area contributed by atoms with Crippen molar-refractivity contribution in [2.75, 3.05) is 19.6 Å². The Hall–Kier alpha value is -2.48. The highest BCUT2D eigenvalue weighted by atomic mass is 32.2. The molecule has 2 aromatic carbocycles. The molecule has 0 aliphatic carbocycles. The van der Waals surface area contributed by atoms with Crippen LogP contribution in [0.2, 0.25) is 0 Å². The van der Waals surface area contributed by atoms with Crippen LogP contribution in [0.3, 0.4) is 0 Å². The minimum Gasteiger partial charge on any atom is -0.297 e. The first-order valence-corrected chi connectivity index (χ1v) is 10.9. The molecule has 1 N–H and O–H groups in total. The maximum absolute atomic E-state index is 12.6. The monoisotopic (exact) mass is 396 g/mol. The highest BCUT2D eigenvalue weighted by Crippen LogP contribution is 2.18. The van der Waals surface area contributed by atoms with Crippen molar-refractivity contribution in [2.24, 2.45) is 0 Å². The lowest BCUT2D eigenvalue weighted by Crippen LogP contribution is -2.37. The van der Waals surface area contributed by atoms with Gasteiger partial charge in [-0.1, -0.05) is 54.6 Å². The highest BCUT2D eigenvalue weighted by Gasteiger charge is 2.19. The zero-order chi connectivity index (χ0) is 19.4. The number of nitrogens with one attached hydrogen (secondary N) is 1. The summed E-state index contributed by atoms with van der Waals surface area (Å²) in [5.74, 6) is 0. The molecule has 6 nitrogen and oxygen atoms in total. The fourth-order valence-corrected chi connectivity index (χ4v) is 4.48. The first-order chi connectivity index (χ1) is 13.6. The van der Waals surface area contributed by atoms with Gasteiger partial charge in [-0.3, -0.25) is 9.58 Å². The molecule has 1 aliphatic heterocycles. The van der Waals surface area contributed by atoms with Crippen LogP contribution in [0.1, 0.15) is 16.7 Å². The third-order valence-electron chi connectivity index (χ3n) is 5.04. The van der Waals surface area contributed by atoms with Crippen molar-refractivity contribution < 1.29 is 8.42 Å². The minimum absolute atomic E-state index is 0.201. The van der Waals surface area contributed by atoms with E-state index in [2.05, 4.69) is 39.0 Å². The molecule has 0 bridgehead atoms. The fraction of sp³-hybridized carbons (Fsp3) is 0.286. The van der Waals surface area contributed by atoms with Gasteiger partial charge < -0.3 is 0 Å². The maximum Gasteiger partial charge on any atom is 0.243 e. The van der Waals surface area contributed by atoms with Crippen molar-refractivity contribution in [1.82, 2.24) is 19.4 Å². The number of fused-ring (bicyclic) bond motifs is 1. The van der Waals surface area contributed by atoms with Crippen LogP contribution >= 0.6 is 0 Å². The average molecular weight is 397 g/mol. The average Bonchev–Trinajstić information content (AvgIpc) is 3.18. The molecule has 0 saturated heterocycles. The second-order valence-electron chi connectivity index (χ2n) is 7.05. The molecule has 4 rings (SSSR count). The van der Waals surface area contributed by atoms with Crippen LogP contribution in [0, 0.1) is 0 Å². The van der Waals surface area contributed by atoms with Crippen LogP contribution in [-0.4, -0.2) is 42.7 Å². The Morgan fingerprint density at radius 3 is 2.57 bits per heavy atom. The number of hydrogen-bond acceptors (Lipinski definition) is 4. The summed E-state index contributed by atoms with van der Waals surface area (Å²) < 4.78 is 29.5. The fourth-order valence-electron chi connectivity index (χ4n) is 3.51. The summed E-state index contributed by atoms with van der Waals surface area (Å²) in [4.78, 5) is 2.48. The van der Waals surface area contributed by atoms with Crippen LogP contribution in [0.25, 0.3) is 0 Å². The SMILES string of the molecule is O=S(=O)(NCCN1CCc2ccccc2C1)c1cnn(Cc2ccccc2)c1. The molecule has 146 valence electrons. The molecule has 0 saturated carbocycles. The number of aromatic nitrogens is 2. The van der Waals surface area contributed by atoms with Crippen LogP contribution in [0.4, 0.5) is 0 Å². The largest absolute Gasteiger partial charge is 0.297 e. The summed E-state index contributed by atoms with van der Waals surface area (Å²) in [7, 11) is -3.55. The molecule has 1 aromatic heterocycles. The smallest absolute Gasteiger partial charge is 0.243 e. The molecule has 3 aromatic rings. The van der Waals surface area contributed by atoms with E-state index in [0.29, 0.717) is 19.6 Å². The summed E-state index contributed by atoms with van der Waals surface area (Å²) in [5.41, 5.74) is 3.80. The number of hydrogen-bond donors (Lipinski definition) is 1. The van der Waals surface area contributed by atoms with Gasteiger partial charge >= 0.3 is 0 Å². The third kappa shape index (κ3) is 4.49. The van der Waals surface area contributed by atoms with Crippen LogP contribution in [0.5, 0.6) is 0 Å². The Kier molecular flexibility index (Phi) is 5.57. The summed E-state index contributed by atoms with van der Waals surface area (Å²) in [6.45, 7) is 3.43. The summed E-state index contributed by atoms with van der Waals surface area (Å²) in [5, 5.41) is 4.19. The Balaban J connectivity index is 1.31. The summed E-state index contributed by atoms with van der Waals surface area (Å²) >= 11 is 0. The van der Waals surface area contributed by atoms with Crippen LogP contribution in [0.15, 0.2) is 71.9 Å². The molecule has 1 aliphatic rings. The molecule has 2 heterocycles. The van der Waals surface area contributed by atoms with Gasteiger partial charge in [0.15, 0.2) is 0 Å². The Labute approximate surface area is 165 Å². The Bertz CT molecular complexity index is 1030. The van der Waals surface area contributed by atoms with E-state index >= 15 is 0 Å². The quantitative estimate of drug-likeness (QED) is 0.665. The first-order valence-electron chi connectivity index (χ1n) is 9.45. The Morgan fingerprint density at radius 2 is 1.75 bits per heavy atom. The van der Waals surface area contributed by atoms with Gasteiger partial charge in [0.1, 0.15) is 4.90 Å². The molecular weight excluding hydrogens is 372 g/mol. The number of sulfonamides is 1. The van der Waals surface area contributed by atoms with E-state index in [-0.39, 0.29) is 4.90 Å². The van der Waals surface area contributed by atoms with E-state index < -0.39 is 10.0 Å². The Morgan fingerprint density at radius 1 is 1.00 bits per heavy atom. The molecule has 28 heavy (non-hydrogen) atoms. The van der Waals surface area contributed by atoms with Gasteiger partial charge in [0.2, 0.25) is 10.0 Å². The van der Waals surface area contributed by atoms with Gasteiger partial charge in [0.25, 0.3) is 0 Å². The predicted octanol–water partition coefficient (Wildman–Crippen LogP) is 2.27. The lowest BCUT2D eigenvalue weighted by Gasteiger charge is -2.28. The lowest BCUT2D eigenvalue weighted by atomic mass is 10.0. The van der Waals surface area contributed by atoms with E-state index in [1.54, 1.807) is 10.9 Å². The normalized spacial score (nSPS) is 14.7. The maximum atomic E-state index is 12.6. The molecule has 0 atom stereocenters. The lowest BCUT2D eigenvalue weighted by molar-refractivity contribution is 0.258. The summed E-state index contributed by atoms with van der Waals surface area (Å²) in [6.07, 6.45) is 3.99. The topological polar surface area (TPSA) is 67.2 Å². The van der Waals surface area contributed by atoms with Gasteiger partial charge in [-0.25, -0.2) is 13.1 Å². The second kappa shape index (κ2) is 8.26. The highest BCUT2D eigenvalue weighted by molar-refractivity contribution is 7.89. The van der Waals surface area contributed by atoms with Crippen molar-refractivity contribution in [1.29, 1.82) is 0 Å². The van der Waals surface area contributed by atoms with Gasteiger partial charge in [-0.05, 0) is 23.1 Å². The predicted molar refractivity (Wildman–Crippen MR) is 108 cm³/mol. The van der Waals surface area contributed by atoms with Crippen molar-refractivity contribution in [3.05, 3.63) is 83.7 Å². The number of rotatable bonds is 7. The zero-order valence-electron chi connectivity index (χ0n) is 15.7. The minimum atomic E-state index is -3.55. The molecule has 0 fully saturated rings. The number of nitrogens with zero attached hydrogens (tertiary/aromatic N) is 3. The third-order valence-corrected chi connectivity index (χ3v) is 6.45. The van der Waals surface area contributed by atoms with Gasteiger partial charge in [-0.15, -0.1) is 0 Å². The molecular formula is C21H24N4O2S. The molecule has 0 amide bonds. The van der Waals surface area contributed by atoms with E-state index in [1.807, 2.05) is 30.3 Å². The van der Waals surface area contributed by atoms with E-state index in [0.717, 1.165) is 25.1 Å². The van der Waals surface area contributed by atoms with E-state index in [1.165, 1.54) is 17.3 Å². The molecule has 0 unspecified atom stereocenters. The van der Waals surface area contributed by atoms with E-state index in [4.69, 9.17) is 0 Å². The molecule has 7 heteroatoms. The van der Waals surface area contributed by atoms with Crippen molar-refractivity contribution >= 4 is 10.0 Å². The van der Waals surface area contributed by atoms with Gasteiger partial charge in [-0.2, -0.15) is 5.10 Å². The van der Waals surface area contributed by atoms with Gasteiger partial charge in [0, 0.05) is 32.4 Å². The standard InChI is InChI=1S/C21H24N4O2S/c26-28(27,21-14-22-25(17-21)15-18-6-2-1-3-7-18)23-11-13-24-12-10-19-8-4-5-9-20(19)16-24/h1-9,14,17,23H,10-13,15-16H2. The molecule has 0 radical (unpaired) electrons. The van der Waals surface area contributed by atoms with Crippen LogP contribution < -0.4 is 4.72 Å². The van der Waals surface area contributed by atoms with Crippen LogP contribution in [-0.2, 0) is 29.5 Å². The van der Waals surface area contributed by atoms with E-state index in [9.17, 15) is 8.42 Å².